The molecule has 1 aliphatic rings. The molecule has 23 heavy (non-hydrogen) atoms. The van der Waals surface area contributed by atoms with Crippen LogP contribution in [0.3, 0.4) is 0 Å². The van der Waals surface area contributed by atoms with Gasteiger partial charge in [-0.25, -0.2) is 18.6 Å². The summed E-state index contributed by atoms with van der Waals surface area (Å²) in [6.07, 6.45) is 2.19. The molecule has 0 spiro atoms. The number of hydrogen-bond donors (Lipinski definition) is 3. The summed E-state index contributed by atoms with van der Waals surface area (Å²) in [5, 5.41) is -1.09. The van der Waals surface area contributed by atoms with Gasteiger partial charge in [0.05, 0.1) is 18.8 Å². The van der Waals surface area contributed by atoms with Gasteiger partial charge in [0.2, 0.25) is 10.0 Å². The number of rotatable bonds is 7. The minimum atomic E-state index is -3.78. The number of carbonyl (C=O) groups is 1. The van der Waals surface area contributed by atoms with Gasteiger partial charge in [-0.15, -0.1) is 0 Å². The third kappa shape index (κ3) is 4.25. The highest BCUT2D eigenvalue weighted by molar-refractivity contribution is 7.90. The van der Waals surface area contributed by atoms with E-state index >= 15 is 0 Å². The topological polar surface area (TPSA) is 109 Å². The molecule has 1 aromatic rings. The Morgan fingerprint density at radius 1 is 1.35 bits per heavy atom. The molecule has 128 valence electrons. The van der Waals surface area contributed by atoms with Crippen molar-refractivity contribution < 1.29 is 17.9 Å². The zero-order valence-electron chi connectivity index (χ0n) is 13.2. The highest BCUT2D eigenvalue weighted by Crippen LogP contribution is 2.23. The molecule has 1 fully saturated rings. The van der Waals surface area contributed by atoms with Crippen molar-refractivity contribution in [2.75, 3.05) is 6.61 Å². The van der Waals surface area contributed by atoms with E-state index in [1.54, 1.807) is 31.3 Å². The van der Waals surface area contributed by atoms with Crippen LogP contribution in [0.2, 0.25) is 0 Å². The fourth-order valence-corrected chi connectivity index (χ4v) is 3.94. The van der Waals surface area contributed by atoms with Crippen LogP contribution in [0.25, 0.3) is 0 Å². The number of esters is 1. The normalized spacial score (nSPS) is 24.5. The maximum atomic E-state index is 12.5. The average molecular weight is 342 g/mol. The number of nitrogens with zero attached hydrogens (tertiary/aromatic N) is 1. The van der Waals surface area contributed by atoms with E-state index in [0.717, 1.165) is 0 Å². The Morgan fingerprint density at radius 3 is 2.74 bits per heavy atom. The van der Waals surface area contributed by atoms with E-state index < -0.39 is 27.3 Å². The first kappa shape index (κ1) is 17.8. The fourth-order valence-electron chi connectivity index (χ4n) is 2.50. The predicted molar refractivity (Wildman–Crippen MR) is 84.3 cm³/mol. The predicted octanol–water partition coefficient (Wildman–Crippen LogP) is -0.107. The summed E-state index contributed by atoms with van der Waals surface area (Å²) >= 11 is 0. The Balaban J connectivity index is 2.11. The summed E-state index contributed by atoms with van der Waals surface area (Å²) < 4.78 is 32.6. The molecule has 0 radical (unpaired) electrons. The zero-order valence-corrected chi connectivity index (χ0v) is 14.0. The van der Waals surface area contributed by atoms with Gasteiger partial charge in [-0.3, -0.25) is 15.2 Å². The number of hydrogen-bond acceptors (Lipinski definition) is 7. The summed E-state index contributed by atoms with van der Waals surface area (Å²) in [6, 6.07) is 4.95. The second kappa shape index (κ2) is 7.82. The highest BCUT2D eigenvalue weighted by atomic mass is 32.2. The van der Waals surface area contributed by atoms with E-state index in [1.165, 1.54) is 0 Å². The van der Waals surface area contributed by atoms with Crippen molar-refractivity contribution in [3.8, 4) is 0 Å². The molecule has 0 amide bonds. The molecule has 0 saturated carbocycles. The van der Waals surface area contributed by atoms with E-state index in [-0.39, 0.29) is 19.2 Å². The number of hydrazine groups is 1. The van der Waals surface area contributed by atoms with Crippen LogP contribution in [0.4, 0.5) is 0 Å². The van der Waals surface area contributed by atoms with Crippen LogP contribution in [0.15, 0.2) is 24.4 Å². The number of pyridine rings is 1. The second-order valence-electron chi connectivity index (χ2n) is 5.19. The summed E-state index contributed by atoms with van der Waals surface area (Å²) in [5.41, 5.74) is 6.17. The third-order valence-corrected chi connectivity index (χ3v) is 5.31. The van der Waals surface area contributed by atoms with E-state index in [1.807, 2.05) is 6.92 Å². The number of nitrogens with one attached hydrogen (secondary N) is 3. The molecule has 1 aliphatic heterocycles. The standard InChI is InChI=1S/C14H22N4O4S/c1-3-11-12(14(19)22-4-2)13(18-17-11)23(20,21)16-9-10-7-5-6-8-15-10/h5-8,11-13,16-18H,3-4,9H2,1-2H3. The third-order valence-electron chi connectivity index (χ3n) is 3.68. The van der Waals surface area contributed by atoms with Gasteiger partial charge in [-0.05, 0) is 25.5 Å². The minimum absolute atomic E-state index is 0.0632. The molecule has 0 aliphatic carbocycles. The lowest BCUT2D eigenvalue weighted by Gasteiger charge is -2.20. The van der Waals surface area contributed by atoms with Gasteiger partial charge in [0, 0.05) is 12.2 Å². The van der Waals surface area contributed by atoms with Crippen molar-refractivity contribution in [2.45, 2.75) is 38.2 Å². The van der Waals surface area contributed by atoms with Crippen LogP contribution in [0, 0.1) is 5.92 Å². The van der Waals surface area contributed by atoms with Crippen molar-refractivity contribution in [3.05, 3.63) is 30.1 Å². The molecular weight excluding hydrogens is 320 g/mol. The van der Waals surface area contributed by atoms with Crippen molar-refractivity contribution in [1.29, 1.82) is 0 Å². The van der Waals surface area contributed by atoms with Gasteiger partial charge in [-0.1, -0.05) is 13.0 Å². The van der Waals surface area contributed by atoms with Crippen molar-refractivity contribution in [2.24, 2.45) is 5.92 Å². The molecule has 3 unspecified atom stereocenters. The number of sulfonamides is 1. The first-order chi connectivity index (χ1) is 11.0. The average Bonchev–Trinajstić information content (AvgIpc) is 2.99. The lowest BCUT2D eigenvalue weighted by molar-refractivity contribution is -0.148. The Hall–Kier alpha value is -1.55. The molecule has 8 nitrogen and oxygen atoms in total. The molecule has 9 heteroatoms. The van der Waals surface area contributed by atoms with Crippen LogP contribution >= 0.6 is 0 Å². The first-order valence-electron chi connectivity index (χ1n) is 7.55. The van der Waals surface area contributed by atoms with Crippen LogP contribution in [0.1, 0.15) is 26.0 Å². The maximum absolute atomic E-state index is 12.5. The highest BCUT2D eigenvalue weighted by Gasteiger charge is 2.47. The fraction of sp³-hybridized carbons (Fsp3) is 0.571. The summed E-state index contributed by atoms with van der Waals surface area (Å²) in [7, 11) is -3.78. The molecule has 0 aromatic carbocycles. The van der Waals surface area contributed by atoms with Gasteiger partial charge < -0.3 is 4.74 Å². The molecule has 2 heterocycles. The monoisotopic (exact) mass is 342 g/mol. The van der Waals surface area contributed by atoms with E-state index in [2.05, 4.69) is 20.6 Å². The smallest absolute Gasteiger partial charge is 0.313 e. The van der Waals surface area contributed by atoms with E-state index in [9.17, 15) is 13.2 Å². The Morgan fingerprint density at radius 2 is 2.13 bits per heavy atom. The van der Waals surface area contributed by atoms with Gasteiger partial charge in [0.25, 0.3) is 0 Å². The molecule has 3 N–H and O–H groups in total. The molecule has 1 aromatic heterocycles. The molecule has 2 rings (SSSR count). The van der Waals surface area contributed by atoms with Crippen molar-refractivity contribution in [3.63, 3.8) is 0 Å². The lowest BCUT2D eigenvalue weighted by Crippen LogP contribution is -2.47. The van der Waals surface area contributed by atoms with Crippen LogP contribution in [-0.4, -0.2) is 37.4 Å². The Labute approximate surface area is 136 Å². The van der Waals surface area contributed by atoms with Gasteiger partial charge >= 0.3 is 5.97 Å². The maximum Gasteiger partial charge on any atom is 0.313 e. The second-order valence-corrected chi connectivity index (χ2v) is 7.08. The Bertz CT molecular complexity index is 623. The Kier molecular flexibility index (Phi) is 6.05. The summed E-state index contributed by atoms with van der Waals surface area (Å²) in [4.78, 5) is 16.2. The quantitative estimate of drug-likeness (QED) is 0.593. The minimum Gasteiger partial charge on any atom is -0.466 e. The molecular formula is C14H22N4O4S. The van der Waals surface area contributed by atoms with Crippen molar-refractivity contribution >= 4 is 16.0 Å². The summed E-state index contributed by atoms with van der Waals surface area (Å²) in [6.45, 7) is 3.84. The van der Waals surface area contributed by atoms with Crippen LogP contribution in [0.5, 0.6) is 0 Å². The SMILES string of the molecule is CCOC(=O)C1C(CC)NNC1S(=O)(=O)NCc1ccccn1. The summed E-state index contributed by atoms with van der Waals surface area (Å²) in [5.74, 6) is -1.33. The first-order valence-corrected chi connectivity index (χ1v) is 9.10. The number of ether oxygens (including phenoxy) is 1. The van der Waals surface area contributed by atoms with Crippen molar-refractivity contribution in [1.82, 2.24) is 20.6 Å². The lowest BCUT2D eigenvalue weighted by atomic mass is 10.00. The van der Waals surface area contributed by atoms with Crippen LogP contribution < -0.4 is 15.6 Å². The van der Waals surface area contributed by atoms with Gasteiger partial charge in [0.15, 0.2) is 5.37 Å². The zero-order chi connectivity index (χ0) is 16.9. The van der Waals surface area contributed by atoms with E-state index in [4.69, 9.17) is 4.74 Å². The molecule has 3 atom stereocenters. The van der Waals surface area contributed by atoms with Gasteiger partial charge in [0.1, 0.15) is 5.92 Å². The molecule has 0 bridgehead atoms. The number of carbonyl (C=O) groups excluding carboxylic acids is 1. The largest absolute Gasteiger partial charge is 0.466 e. The van der Waals surface area contributed by atoms with Crippen LogP contribution in [-0.2, 0) is 26.1 Å². The van der Waals surface area contributed by atoms with E-state index in [0.29, 0.717) is 12.1 Å². The van der Waals surface area contributed by atoms with Gasteiger partial charge in [-0.2, -0.15) is 0 Å². The molecule has 1 saturated heterocycles. The number of aromatic nitrogens is 1.